The zero-order valence-electron chi connectivity index (χ0n) is 20.2. The van der Waals surface area contributed by atoms with Gasteiger partial charge in [-0.05, 0) is 44.3 Å². The van der Waals surface area contributed by atoms with Gasteiger partial charge in [-0.15, -0.1) is 0 Å². The van der Waals surface area contributed by atoms with Crippen molar-refractivity contribution in [1.82, 2.24) is 0 Å². The standard InChI is InChI=1S/C25H32O10/c1-6-22(4,31)21(30)35-16-15-11(3)17(27)25(32)20-23(5)12(10(2)7-13(26)18(23)28)8-14(34-19(16)29)24(15,20)9-33-25/h7,12,14-18,20,27-28,31-32H,3,6,8-9H2,1-2,4-5H3/t12-,14+,15+,16+,17+,18+,20+,22?,23+,24-,25+/m0/s1. The number of carbonyl (C=O) groups excluding carboxylic acids is 3. The van der Waals surface area contributed by atoms with Crippen LogP contribution in [0.2, 0.25) is 0 Å². The fraction of sp³-hybridized carbons (Fsp3) is 0.720. The number of esters is 2. The molecular weight excluding hydrogens is 460 g/mol. The molecule has 10 nitrogen and oxygen atoms in total. The third kappa shape index (κ3) is 2.74. The van der Waals surface area contributed by atoms with Crippen molar-refractivity contribution < 1.29 is 49.0 Å². The van der Waals surface area contributed by atoms with Crippen LogP contribution in [-0.2, 0) is 28.6 Å². The second-order valence-electron chi connectivity index (χ2n) is 11.3. The van der Waals surface area contributed by atoms with E-state index in [4.69, 9.17) is 14.2 Å². The maximum Gasteiger partial charge on any atom is 0.348 e. The molecule has 35 heavy (non-hydrogen) atoms. The molecule has 1 unspecified atom stereocenters. The first-order chi connectivity index (χ1) is 16.2. The van der Waals surface area contributed by atoms with Gasteiger partial charge in [0.25, 0.3) is 0 Å². The van der Waals surface area contributed by atoms with E-state index in [0.717, 1.165) is 0 Å². The molecule has 1 spiro atoms. The van der Waals surface area contributed by atoms with Crippen molar-refractivity contribution in [3.8, 4) is 0 Å². The first-order valence-corrected chi connectivity index (χ1v) is 11.9. The third-order valence-corrected chi connectivity index (χ3v) is 9.58. The predicted octanol–water partition coefficient (Wildman–Crippen LogP) is -0.231. The van der Waals surface area contributed by atoms with Crippen molar-refractivity contribution >= 4 is 17.7 Å². The molecule has 3 aliphatic carbocycles. The molecule has 10 heteroatoms. The van der Waals surface area contributed by atoms with Crippen molar-refractivity contribution in [3.63, 3.8) is 0 Å². The van der Waals surface area contributed by atoms with Gasteiger partial charge in [-0.1, -0.05) is 26.0 Å². The zero-order chi connectivity index (χ0) is 25.9. The number of ether oxygens (including phenoxy) is 3. The number of rotatable bonds is 3. The van der Waals surface area contributed by atoms with E-state index in [1.54, 1.807) is 20.8 Å². The molecule has 5 rings (SSSR count). The van der Waals surface area contributed by atoms with Crippen LogP contribution in [0.25, 0.3) is 0 Å². The molecule has 192 valence electrons. The van der Waals surface area contributed by atoms with Crippen molar-refractivity contribution in [2.45, 2.75) is 76.3 Å². The van der Waals surface area contributed by atoms with Gasteiger partial charge in [-0.25, -0.2) is 9.59 Å². The van der Waals surface area contributed by atoms with Crippen LogP contribution >= 0.6 is 0 Å². The Morgan fingerprint density at radius 2 is 1.97 bits per heavy atom. The van der Waals surface area contributed by atoms with E-state index < -0.39 is 82.1 Å². The number of aliphatic hydroxyl groups excluding tert-OH is 2. The lowest BCUT2D eigenvalue weighted by Crippen LogP contribution is -2.76. The van der Waals surface area contributed by atoms with Gasteiger partial charge in [0.15, 0.2) is 17.2 Å². The average molecular weight is 493 g/mol. The molecule has 2 saturated heterocycles. The highest BCUT2D eigenvalue weighted by atomic mass is 16.7. The lowest BCUT2D eigenvalue weighted by atomic mass is 9.38. The summed E-state index contributed by atoms with van der Waals surface area (Å²) >= 11 is 0. The van der Waals surface area contributed by atoms with Crippen LogP contribution < -0.4 is 0 Å². The summed E-state index contributed by atoms with van der Waals surface area (Å²) in [6.07, 6.45) is -3.98. The minimum absolute atomic E-state index is 0.0285. The van der Waals surface area contributed by atoms with Gasteiger partial charge in [0.05, 0.1) is 12.0 Å². The number of allylic oxidation sites excluding steroid dienone is 1. The van der Waals surface area contributed by atoms with E-state index in [1.807, 2.05) is 0 Å². The van der Waals surface area contributed by atoms with Gasteiger partial charge >= 0.3 is 11.9 Å². The average Bonchev–Trinajstić information content (AvgIpc) is 3.08. The van der Waals surface area contributed by atoms with E-state index in [9.17, 15) is 34.8 Å². The molecule has 11 atom stereocenters. The Hall–Kier alpha value is -2.11. The van der Waals surface area contributed by atoms with Crippen molar-refractivity contribution in [3.05, 3.63) is 23.8 Å². The Morgan fingerprint density at radius 3 is 2.60 bits per heavy atom. The maximum absolute atomic E-state index is 13.2. The highest BCUT2D eigenvalue weighted by Gasteiger charge is 2.83. The van der Waals surface area contributed by atoms with Crippen LogP contribution in [0.1, 0.15) is 40.5 Å². The van der Waals surface area contributed by atoms with Crippen molar-refractivity contribution in [2.75, 3.05) is 6.61 Å². The van der Waals surface area contributed by atoms with Crippen LogP contribution in [0.4, 0.5) is 0 Å². The second-order valence-corrected chi connectivity index (χ2v) is 11.3. The largest absolute Gasteiger partial charge is 0.459 e. The Morgan fingerprint density at radius 1 is 1.31 bits per heavy atom. The molecule has 0 aromatic heterocycles. The van der Waals surface area contributed by atoms with Gasteiger partial charge in [-0.2, -0.15) is 0 Å². The fourth-order valence-corrected chi connectivity index (χ4v) is 7.69. The molecule has 2 bridgehead atoms. The van der Waals surface area contributed by atoms with Crippen LogP contribution in [0.3, 0.4) is 0 Å². The van der Waals surface area contributed by atoms with E-state index in [-0.39, 0.29) is 25.0 Å². The molecule has 5 aliphatic rings. The molecule has 0 amide bonds. The number of ketones is 1. The summed E-state index contributed by atoms with van der Waals surface area (Å²) < 4.78 is 17.2. The quantitative estimate of drug-likeness (QED) is 0.306. The van der Waals surface area contributed by atoms with Crippen LogP contribution in [0.15, 0.2) is 23.8 Å². The maximum atomic E-state index is 13.2. The minimum Gasteiger partial charge on any atom is -0.459 e. The summed E-state index contributed by atoms with van der Waals surface area (Å²) in [6, 6.07) is 0. The van der Waals surface area contributed by atoms with E-state index in [2.05, 4.69) is 6.58 Å². The molecule has 4 N–H and O–H groups in total. The van der Waals surface area contributed by atoms with Gasteiger partial charge < -0.3 is 34.6 Å². The van der Waals surface area contributed by atoms with Gasteiger partial charge in [-0.3, -0.25) is 4.79 Å². The monoisotopic (exact) mass is 492 g/mol. The van der Waals surface area contributed by atoms with Crippen LogP contribution in [0.5, 0.6) is 0 Å². The normalized spacial score (nSPS) is 49.9. The van der Waals surface area contributed by atoms with Crippen LogP contribution in [0, 0.1) is 28.6 Å². The molecule has 0 radical (unpaired) electrons. The molecule has 4 fully saturated rings. The third-order valence-electron chi connectivity index (χ3n) is 9.58. The summed E-state index contributed by atoms with van der Waals surface area (Å²) in [5, 5.41) is 44.6. The lowest BCUT2D eigenvalue weighted by molar-refractivity contribution is -0.311. The number of hydrogen-bond acceptors (Lipinski definition) is 10. The molecule has 2 aliphatic heterocycles. The van der Waals surface area contributed by atoms with E-state index in [0.29, 0.717) is 5.57 Å². The molecule has 2 saturated carbocycles. The topological polar surface area (TPSA) is 160 Å². The number of fused-ring (bicyclic) bond motifs is 1. The van der Waals surface area contributed by atoms with Crippen molar-refractivity contribution in [2.24, 2.45) is 28.6 Å². The summed E-state index contributed by atoms with van der Waals surface area (Å²) in [6.45, 7) is 10.0. The predicted molar refractivity (Wildman–Crippen MR) is 117 cm³/mol. The SMILES string of the molecule is C=C1[C@@H](O)[C@@]2(O)OC[C@@]34[C@H]1[C@@H](OC(=O)C(C)(O)CC)C(=O)O[C@@H]3C[C@H]1C(C)=CC(=O)[C@@H](O)[C@]1(C)[C@@H]24. The molecule has 0 aromatic rings. The highest BCUT2D eigenvalue weighted by molar-refractivity contribution is 5.96. The van der Waals surface area contributed by atoms with Gasteiger partial charge in [0.2, 0.25) is 6.10 Å². The number of aliphatic hydroxyl groups is 4. The first kappa shape index (κ1) is 24.6. The van der Waals surface area contributed by atoms with Crippen LogP contribution in [-0.4, -0.2) is 80.6 Å². The van der Waals surface area contributed by atoms with Gasteiger partial charge in [0.1, 0.15) is 18.3 Å². The second kappa shape index (κ2) is 7.23. The van der Waals surface area contributed by atoms with E-state index >= 15 is 0 Å². The Labute approximate surface area is 202 Å². The Bertz CT molecular complexity index is 1060. The lowest BCUT2D eigenvalue weighted by Gasteiger charge is -2.67. The minimum atomic E-state index is -2.22. The Kier molecular flexibility index (Phi) is 5.07. The molecular formula is C25H32O10. The summed E-state index contributed by atoms with van der Waals surface area (Å²) in [5.41, 5.74) is -3.70. The molecule has 2 heterocycles. The van der Waals surface area contributed by atoms with Crippen molar-refractivity contribution in [1.29, 1.82) is 0 Å². The van der Waals surface area contributed by atoms with Gasteiger partial charge in [0, 0.05) is 17.3 Å². The number of hydrogen-bond donors (Lipinski definition) is 4. The first-order valence-electron chi connectivity index (χ1n) is 11.9. The number of carbonyl (C=O) groups is 3. The molecule has 0 aromatic carbocycles. The summed E-state index contributed by atoms with van der Waals surface area (Å²) in [5.74, 6) is -7.21. The smallest absolute Gasteiger partial charge is 0.348 e. The highest BCUT2D eigenvalue weighted by Crippen LogP contribution is 2.73. The Balaban J connectivity index is 1.70. The van der Waals surface area contributed by atoms with E-state index in [1.165, 1.54) is 13.0 Å². The summed E-state index contributed by atoms with van der Waals surface area (Å²) in [4.78, 5) is 38.7. The fourth-order valence-electron chi connectivity index (χ4n) is 7.69. The summed E-state index contributed by atoms with van der Waals surface area (Å²) in [7, 11) is 0. The zero-order valence-corrected chi connectivity index (χ0v) is 20.2.